The molecule has 156 valence electrons. The van der Waals surface area contributed by atoms with Crippen LogP contribution < -0.4 is 0 Å². The van der Waals surface area contributed by atoms with E-state index in [4.69, 9.17) is 21.3 Å². The Balaban J connectivity index is 2.08. The second-order valence-electron chi connectivity index (χ2n) is 6.79. The summed E-state index contributed by atoms with van der Waals surface area (Å²) in [5, 5.41) is 5.88. The molecule has 4 aromatic rings. The number of rotatable bonds is 6. The second kappa shape index (κ2) is 9.10. The summed E-state index contributed by atoms with van der Waals surface area (Å²) in [6.45, 7) is 4.78. The van der Waals surface area contributed by atoms with Crippen molar-refractivity contribution >= 4 is 34.7 Å². The van der Waals surface area contributed by atoms with Gasteiger partial charge in [0.25, 0.3) is 0 Å². The summed E-state index contributed by atoms with van der Waals surface area (Å²) in [6.07, 6.45) is 8.29. The largest absolute Gasteiger partial charge is 0.463 e. The van der Waals surface area contributed by atoms with Gasteiger partial charge in [-0.15, -0.1) is 0 Å². The van der Waals surface area contributed by atoms with Gasteiger partial charge in [-0.25, -0.2) is 14.5 Å². The van der Waals surface area contributed by atoms with Crippen molar-refractivity contribution in [3.8, 4) is 22.4 Å². The van der Waals surface area contributed by atoms with Gasteiger partial charge in [0.05, 0.1) is 23.5 Å². The predicted molar refractivity (Wildman–Crippen MR) is 123 cm³/mol. The Labute approximate surface area is 185 Å². The van der Waals surface area contributed by atoms with E-state index in [1.165, 1.54) is 6.08 Å². The fourth-order valence-corrected chi connectivity index (χ4v) is 3.69. The lowest BCUT2D eigenvalue weighted by Crippen LogP contribution is -2.02. The van der Waals surface area contributed by atoms with Crippen molar-refractivity contribution in [3.05, 3.63) is 71.7 Å². The summed E-state index contributed by atoms with van der Waals surface area (Å²) in [5.74, 6) is -0.416. The first kappa shape index (κ1) is 20.8. The molecule has 0 N–H and O–H groups in total. The van der Waals surface area contributed by atoms with Crippen molar-refractivity contribution in [2.45, 2.75) is 20.4 Å². The lowest BCUT2D eigenvalue weighted by Gasteiger charge is -2.14. The zero-order chi connectivity index (χ0) is 21.8. The molecule has 31 heavy (non-hydrogen) atoms. The van der Waals surface area contributed by atoms with Crippen molar-refractivity contribution in [1.82, 2.24) is 19.7 Å². The molecule has 6 nitrogen and oxygen atoms in total. The number of aromatic nitrogens is 4. The molecule has 0 fully saturated rings. The summed E-state index contributed by atoms with van der Waals surface area (Å²) >= 11 is 6.27. The molecule has 3 heterocycles. The van der Waals surface area contributed by atoms with Gasteiger partial charge in [0.1, 0.15) is 0 Å². The molecule has 0 aliphatic rings. The minimum absolute atomic E-state index is 0.306. The van der Waals surface area contributed by atoms with Crippen LogP contribution in [0.1, 0.15) is 19.4 Å². The van der Waals surface area contributed by atoms with E-state index in [1.807, 2.05) is 48.0 Å². The number of esters is 1. The molecule has 0 unspecified atom stereocenters. The third-order valence-electron chi connectivity index (χ3n) is 4.84. The molecule has 0 aliphatic carbocycles. The van der Waals surface area contributed by atoms with Gasteiger partial charge in [-0.3, -0.25) is 4.98 Å². The Morgan fingerprint density at radius 1 is 1.13 bits per heavy atom. The third-order valence-corrected chi connectivity index (χ3v) is 5.04. The molecule has 0 atom stereocenters. The van der Waals surface area contributed by atoms with Crippen LogP contribution in [0.2, 0.25) is 5.02 Å². The van der Waals surface area contributed by atoms with Crippen LogP contribution >= 0.6 is 11.6 Å². The van der Waals surface area contributed by atoms with Crippen molar-refractivity contribution in [3.63, 3.8) is 0 Å². The maximum atomic E-state index is 12.1. The van der Waals surface area contributed by atoms with E-state index < -0.39 is 5.97 Å². The number of halogens is 1. The Morgan fingerprint density at radius 2 is 1.94 bits per heavy atom. The molecule has 1 aromatic carbocycles. The average Bonchev–Trinajstić information content (AvgIpc) is 3.20. The van der Waals surface area contributed by atoms with Crippen molar-refractivity contribution in [2.24, 2.45) is 0 Å². The zero-order valence-electron chi connectivity index (χ0n) is 17.2. The normalized spacial score (nSPS) is 11.3. The van der Waals surface area contributed by atoms with Crippen LogP contribution in [0.15, 0.2) is 61.1 Å². The molecule has 4 rings (SSSR count). The van der Waals surface area contributed by atoms with Crippen LogP contribution in [-0.4, -0.2) is 32.3 Å². The second-order valence-corrected chi connectivity index (χ2v) is 7.23. The highest BCUT2D eigenvalue weighted by atomic mass is 35.5. The van der Waals surface area contributed by atoms with Gasteiger partial charge in [-0.1, -0.05) is 41.9 Å². The first-order chi connectivity index (χ1) is 15.1. The Hall–Kier alpha value is -3.51. The fraction of sp³-hybridized carbons (Fsp3) is 0.167. The number of pyridine rings is 2. The third kappa shape index (κ3) is 4.20. The Kier molecular flexibility index (Phi) is 6.09. The molecule has 0 saturated heterocycles. The number of aryl methyl sites for hydroxylation is 1. The highest BCUT2D eigenvalue weighted by Crippen LogP contribution is 2.38. The first-order valence-corrected chi connectivity index (χ1v) is 10.4. The topological polar surface area (TPSA) is 69.9 Å². The molecule has 0 saturated carbocycles. The number of benzene rings is 1. The van der Waals surface area contributed by atoms with Crippen molar-refractivity contribution in [2.75, 3.05) is 6.61 Å². The van der Waals surface area contributed by atoms with Gasteiger partial charge in [-0.2, -0.15) is 5.10 Å². The number of fused-ring (bicyclic) bond motifs is 1. The molecular formula is C24H21ClN4O2. The zero-order valence-corrected chi connectivity index (χ0v) is 18.0. The van der Waals surface area contributed by atoms with E-state index in [-0.39, 0.29) is 0 Å². The molecule has 0 amide bonds. The number of carbonyl (C=O) groups is 1. The van der Waals surface area contributed by atoms with Crippen LogP contribution in [0.4, 0.5) is 0 Å². The van der Waals surface area contributed by atoms with E-state index in [9.17, 15) is 4.79 Å². The van der Waals surface area contributed by atoms with Crippen molar-refractivity contribution < 1.29 is 9.53 Å². The predicted octanol–water partition coefficient (Wildman–Crippen LogP) is 5.41. The highest BCUT2D eigenvalue weighted by molar-refractivity contribution is 6.30. The molecule has 7 heteroatoms. The smallest absolute Gasteiger partial charge is 0.330 e. The lowest BCUT2D eigenvalue weighted by atomic mass is 9.94. The van der Waals surface area contributed by atoms with Crippen LogP contribution in [0.5, 0.6) is 0 Å². The number of hydrogen-bond donors (Lipinski definition) is 0. The van der Waals surface area contributed by atoms with Gasteiger partial charge >= 0.3 is 5.97 Å². The maximum Gasteiger partial charge on any atom is 0.330 e. The Bertz CT molecular complexity index is 1270. The van der Waals surface area contributed by atoms with Gasteiger partial charge in [0.2, 0.25) is 0 Å². The summed E-state index contributed by atoms with van der Waals surface area (Å²) < 4.78 is 6.94. The minimum atomic E-state index is -0.416. The van der Waals surface area contributed by atoms with Gasteiger partial charge in [0.15, 0.2) is 5.65 Å². The number of nitrogens with zero attached hydrogens (tertiary/aromatic N) is 4. The van der Waals surface area contributed by atoms with E-state index in [0.717, 1.165) is 39.0 Å². The van der Waals surface area contributed by atoms with E-state index >= 15 is 0 Å². The molecule has 3 aromatic heterocycles. The summed E-state index contributed by atoms with van der Waals surface area (Å²) in [5.41, 5.74) is 4.86. The maximum absolute atomic E-state index is 12.1. The minimum Gasteiger partial charge on any atom is -0.463 e. The summed E-state index contributed by atoms with van der Waals surface area (Å²) in [7, 11) is 0. The SMILES string of the molecule is CCOC(=O)/C=C/c1c(-c2ccccc2)nc2c(cnn2CC)c1-c1cncc(Cl)c1. The molecule has 0 radical (unpaired) electrons. The highest BCUT2D eigenvalue weighted by Gasteiger charge is 2.20. The monoisotopic (exact) mass is 432 g/mol. The van der Waals surface area contributed by atoms with Gasteiger partial charge < -0.3 is 4.74 Å². The standard InChI is InChI=1S/C24H21ClN4O2/c1-3-29-24-20(15-27-29)22(17-12-18(25)14-26-13-17)19(10-11-21(30)31-4-2)23(28-24)16-8-6-5-7-9-16/h5-15H,3-4H2,1-2H3/b11-10+. The Morgan fingerprint density at radius 3 is 2.65 bits per heavy atom. The van der Waals surface area contributed by atoms with Gasteiger partial charge in [0, 0.05) is 52.7 Å². The van der Waals surface area contributed by atoms with E-state index in [2.05, 4.69) is 10.1 Å². The summed E-state index contributed by atoms with van der Waals surface area (Å²) in [4.78, 5) is 21.3. The number of carbonyl (C=O) groups excluding carboxylic acids is 1. The molecular weight excluding hydrogens is 412 g/mol. The first-order valence-electron chi connectivity index (χ1n) is 10.0. The average molecular weight is 433 g/mol. The van der Waals surface area contributed by atoms with Crippen molar-refractivity contribution in [1.29, 1.82) is 0 Å². The van der Waals surface area contributed by atoms with Crippen LogP contribution in [-0.2, 0) is 16.1 Å². The number of ether oxygens (including phenoxy) is 1. The molecule has 0 bridgehead atoms. The van der Waals surface area contributed by atoms with E-state index in [1.54, 1.807) is 31.6 Å². The van der Waals surface area contributed by atoms with E-state index in [0.29, 0.717) is 18.2 Å². The lowest BCUT2D eigenvalue weighted by molar-refractivity contribution is -0.137. The van der Waals surface area contributed by atoms with Crippen LogP contribution in [0.25, 0.3) is 39.5 Å². The van der Waals surface area contributed by atoms with Crippen LogP contribution in [0, 0.1) is 0 Å². The van der Waals surface area contributed by atoms with Crippen LogP contribution in [0.3, 0.4) is 0 Å². The fourth-order valence-electron chi connectivity index (χ4n) is 3.51. The van der Waals surface area contributed by atoms with Gasteiger partial charge in [-0.05, 0) is 26.0 Å². The molecule has 0 spiro atoms. The summed E-state index contributed by atoms with van der Waals surface area (Å²) in [6, 6.07) is 11.7. The quantitative estimate of drug-likeness (QED) is 0.301. The number of hydrogen-bond acceptors (Lipinski definition) is 5. The molecule has 0 aliphatic heterocycles.